The first-order chi connectivity index (χ1) is 14.1. The van der Waals surface area contributed by atoms with Crippen LogP contribution in [0.5, 0.6) is 0 Å². The molecule has 0 spiro atoms. The molecule has 0 aliphatic rings. The van der Waals surface area contributed by atoms with Crippen molar-refractivity contribution in [3.8, 4) is 0 Å². The van der Waals surface area contributed by atoms with E-state index in [0.29, 0.717) is 6.42 Å². The van der Waals surface area contributed by atoms with Gasteiger partial charge in [-0.2, -0.15) is 0 Å². The van der Waals surface area contributed by atoms with Gasteiger partial charge in [0.05, 0.1) is 0 Å². The zero-order valence-electron chi connectivity index (χ0n) is 19.2. The molecule has 0 aliphatic heterocycles. The predicted octanol–water partition coefficient (Wildman–Crippen LogP) is 2.62. The molecule has 0 fully saturated rings. The molecule has 0 radical (unpaired) electrons. The topological polar surface area (TPSA) is 129 Å². The van der Waals surface area contributed by atoms with Crippen LogP contribution in [0.25, 0.3) is 0 Å². The zero-order valence-corrected chi connectivity index (χ0v) is 19.2. The van der Waals surface area contributed by atoms with Gasteiger partial charge >= 0.3 is 24.1 Å². The zero-order chi connectivity index (χ0) is 24.2. The molecule has 0 rings (SSSR count). The molecule has 31 heavy (non-hydrogen) atoms. The van der Waals surface area contributed by atoms with Gasteiger partial charge in [0.25, 0.3) is 0 Å². The Morgan fingerprint density at radius 1 is 0.710 bits per heavy atom. The van der Waals surface area contributed by atoms with Crippen molar-refractivity contribution in [1.29, 1.82) is 0 Å². The van der Waals surface area contributed by atoms with Crippen LogP contribution in [0.4, 0.5) is 9.59 Å². The van der Waals surface area contributed by atoms with Crippen LogP contribution in [-0.4, -0.2) is 61.6 Å². The van der Waals surface area contributed by atoms with Gasteiger partial charge in [-0.1, -0.05) is 13.2 Å². The maximum absolute atomic E-state index is 11.7. The molecule has 2 N–H and O–H groups in total. The van der Waals surface area contributed by atoms with E-state index in [-0.39, 0.29) is 37.4 Å². The lowest BCUT2D eigenvalue weighted by Gasteiger charge is -2.24. The Labute approximate surface area is 183 Å². The fourth-order valence-corrected chi connectivity index (χ4v) is 1.79. The van der Waals surface area contributed by atoms with E-state index < -0.39 is 35.3 Å². The monoisotopic (exact) mass is 442 g/mol. The van der Waals surface area contributed by atoms with Gasteiger partial charge < -0.3 is 29.6 Å². The van der Waals surface area contributed by atoms with Gasteiger partial charge in [-0.05, 0) is 48.0 Å². The number of hydrogen-bond acceptors (Lipinski definition) is 8. The van der Waals surface area contributed by atoms with E-state index in [4.69, 9.17) is 18.9 Å². The summed E-state index contributed by atoms with van der Waals surface area (Å²) >= 11 is 0. The van der Waals surface area contributed by atoms with E-state index in [2.05, 4.69) is 23.8 Å². The predicted molar refractivity (Wildman–Crippen MR) is 113 cm³/mol. The summed E-state index contributed by atoms with van der Waals surface area (Å²) in [6, 6.07) is 0. The van der Waals surface area contributed by atoms with Crippen LogP contribution in [0.1, 0.15) is 48.0 Å². The Morgan fingerprint density at radius 2 is 1.03 bits per heavy atom. The van der Waals surface area contributed by atoms with Crippen LogP contribution in [0.2, 0.25) is 0 Å². The van der Waals surface area contributed by atoms with Crippen molar-refractivity contribution in [2.75, 3.05) is 26.3 Å². The third kappa shape index (κ3) is 13.7. The van der Waals surface area contributed by atoms with E-state index in [1.165, 1.54) is 13.8 Å². The molecule has 0 saturated heterocycles. The van der Waals surface area contributed by atoms with Gasteiger partial charge in [0.1, 0.15) is 24.4 Å². The van der Waals surface area contributed by atoms with E-state index in [1.807, 2.05) is 0 Å². The lowest BCUT2D eigenvalue weighted by atomic mass is 10.1. The number of carbonyl (C=O) groups excluding carboxylic acids is 4. The van der Waals surface area contributed by atoms with E-state index >= 15 is 0 Å². The third-order valence-electron chi connectivity index (χ3n) is 3.43. The number of alkyl carbamates (subject to hydrolysis) is 2. The number of amides is 2. The summed E-state index contributed by atoms with van der Waals surface area (Å²) in [5, 5.41) is 5.03. The van der Waals surface area contributed by atoms with E-state index in [9.17, 15) is 19.2 Å². The average Bonchev–Trinajstić information content (AvgIpc) is 2.63. The Morgan fingerprint density at radius 3 is 1.32 bits per heavy atom. The van der Waals surface area contributed by atoms with Crippen LogP contribution in [0, 0.1) is 0 Å². The summed E-state index contributed by atoms with van der Waals surface area (Å²) < 4.78 is 20.4. The van der Waals surface area contributed by atoms with Crippen molar-refractivity contribution < 1.29 is 38.1 Å². The number of esters is 2. The molecule has 0 aliphatic carbocycles. The number of nitrogens with one attached hydrogen (secondary N) is 2. The summed E-state index contributed by atoms with van der Waals surface area (Å²) in [5.74, 6) is -1.13. The van der Waals surface area contributed by atoms with Crippen molar-refractivity contribution in [2.24, 2.45) is 0 Å². The Kier molecular flexibility index (Phi) is 11.4. The molecule has 0 heterocycles. The minimum atomic E-state index is -0.995. The van der Waals surface area contributed by atoms with Gasteiger partial charge in [0.2, 0.25) is 0 Å². The first-order valence-corrected chi connectivity index (χ1v) is 9.74. The van der Waals surface area contributed by atoms with Gasteiger partial charge in [-0.15, -0.1) is 0 Å². The van der Waals surface area contributed by atoms with Crippen LogP contribution in [-0.2, 0) is 28.5 Å². The Hall–Kier alpha value is -3.04. The van der Waals surface area contributed by atoms with E-state index in [1.54, 1.807) is 27.7 Å². The van der Waals surface area contributed by atoms with Crippen molar-refractivity contribution in [2.45, 2.75) is 59.2 Å². The summed E-state index contributed by atoms with van der Waals surface area (Å²) in [4.78, 5) is 46.5. The van der Waals surface area contributed by atoms with Gasteiger partial charge in [0.15, 0.2) is 0 Å². The second kappa shape index (κ2) is 12.6. The van der Waals surface area contributed by atoms with Crippen molar-refractivity contribution in [3.05, 3.63) is 24.3 Å². The van der Waals surface area contributed by atoms with Crippen molar-refractivity contribution in [1.82, 2.24) is 10.6 Å². The first kappa shape index (κ1) is 28.0. The third-order valence-corrected chi connectivity index (χ3v) is 3.43. The molecule has 0 bridgehead atoms. The van der Waals surface area contributed by atoms with Crippen molar-refractivity contribution >= 4 is 24.1 Å². The molecule has 176 valence electrons. The summed E-state index contributed by atoms with van der Waals surface area (Å²) in [5.41, 5.74) is -1.49. The molecule has 0 aromatic carbocycles. The fourth-order valence-electron chi connectivity index (χ4n) is 1.79. The van der Waals surface area contributed by atoms with E-state index in [0.717, 1.165) is 0 Å². The molecule has 0 saturated carbocycles. The highest BCUT2D eigenvalue weighted by molar-refractivity contribution is 5.87. The Balaban J connectivity index is 4.01. The quantitative estimate of drug-likeness (QED) is 0.204. The molecular weight excluding hydrogens is 408 g/mol. The summed E-state index contributed by atoms with van der Waals surface area (Å²) in [7, 11) is 0. The molecular formula is C21H34N2O8. The number of hydrogen-bond donors (Lipinski definition) is 2. The molecule has 0 atom stereocenters. The minimum Gasteiger partial charge on any atom is -0.453 e. The summed E-state index contributed by atoms with van der Waals surface area (Å²) in [6.45, 7) is 16.7. The molecule has 10 nitrogen and oxygen atoms in total. The maximum Gasteiger partial charge on any atom is 0.407 e. The standard InChI is InChI=1S/C21H34N2O8/c1-14(2)16(24)30-20(5,6)12-28-18(26)22-10-9-11-23-19(27)29-13-21(7,8)31-17(25)15(3)4/h1,3,9-13H2,2,4-8H3,(H,22,26)(H,23,27). The highest BCUT2D eigenvalue weighted by Gasteiger charge is 2.26. The highest BCUT2D eigenvalue weighted by Crippen LogP contribution is 2.13. The summed E-state index contributed by atoms with van der Waals surface area (Å²) in [6.07, 6.45) is -0.932. The number of rotatable bonds is 12. The molecule has 2 amide bonds. The first-order valence-electron chi connectivity index (χ1n) is 9.74. The molecule has 0 aromatic rings. The van der Waals surface area contributed by atoms with Gasteiger partial charge in [-0.3, -0.25) is 0 Å². The second-order valence-corrected chi connectivity index (χ2v) is 8.22. The normalized spacial score (nSPS) is 11.0. The Bertz CT molecular complexity index is 639. The molecule has 10 heteroatoms. The smallest absolute Gasteiger partial charge is 0.407 e. The van der Waals surface area contributed by atoms with Gasteiger partial charge in [0, 0.05) is 24.2 Å². The highest BCUT2D eigenvalue weighted by atomic mass is 16.6. The average molecular weight is 443 g/mol. The molecule has 0 aromatic heterocycles. The largest absolute Gasteiger partial charge is 0.453 e. The van der Waals surface area contributed by atoms with Crippen LogP contribution in [0.15, 0.2) is 24.3 Å². The maximum atomic E-state index is 11.7. The lowest BCUT2D eigenvalue weighted by Crippen LogP contribution is -2.38. The number of ether oxygens (including phenoxy) is 4. The van der Waals surface area contributed by atoms with Crippen LogP contribution < -0.4 is 10.6 Å². The van der Waals surface area contributed by atoms with Crippen molar-refractivity contribution in [3.63, 3.8) is 0 Å². The second-order valence-electron chi connectivity index (χ2n) is 8.22. The van der Waals surface area contributed by atoms with Crippen LogP contribution in [0.3, 0.4) is 0 Å². The van der Waals surface area contributed by atoms with Gasteiger partial charge in [-0.25, -0.2) is 19.2 Å². The fraction of sp³-hybridized carbons (Fsp3) is 0.619. The minimum absolute atomic E-state index is 0.131. The molecule has 0 unspecified atom stereocenters. The number of carbonyl (C=O) groups is 4. The lowest BCUT2D eigenvalue weighted by molar-refractivity contribution is -0.155. The van der Waals surface area contributed by atoms with Crippen LogP contribution >= 0.6 is 0 Å². The SMILES string of the molecule is C=C(C)C(=O)OC(C)(C)COC(=O)NCCCNC(=O)OCC(C)(C)OC(=O)C(=C)C.